The van der Waals surface area contributed by atoms with Gasteiger partial charge in [0.15, 0.2) is 5.82 Å². The molecule has 1 fully saturated rings. The smallest absolute Gasteiger partial charge is 0.181 e. The van der Waals surface area contributed by atoms with E-state index in [1.165, 1.54) is 18.2 Å². The number of halogens is 2. The number of aryl methyl sites for hydroxylation is 1. The van der Waals surface area contributed by atoms with Crippen molar-refractivity contribution in [2.24, 2.45) is 5.92 Å². The second-order valence-electron chi connectivity index (χ2n) is 10.4. The highest BCUT2D eigenvalue weighted by molar-refractivity contribution is 5.86. The molecule has 8 nitrogen and oxygen atoms in total. The lowest BCUT2D eigenvalue weighted by Crippen LogP contribution is -2.55. The van der Waals surface area contributed by atoms with E-state index in [0.29, 0.717) is 31.3 Å². The Morgan fingerprint density at radius 1 is 1.08 bits per heavy atom. The number of rotatable bonds is 5. The van der Waals surface area contributed by atoms with Crippen molar-refractivity contribution in [1.82, 2.24) is 35.3 Å². The molecule has 39 heavy (non-hydrogen) atoms. The average Bonchev–Trinajstić information content (AvgIpc) is 3.72. The molecular weight excluding hydrogens is 500 g/mol. The van der Waals surface area contributed by atoms with Crippen LogP contribution in [-0.4, -0.2) is 43.2 Å². The third-order valence-corrected chi connectivity index (χ3v) is 8.25. The lowest BCUT2D eigenvalue weighted by Gasteiger charge is -2.47. The number of fused-ring (bicyclic) bond motifs is 3. The SMILES string of the molecule is CCn1cc([C@@]2(C3CCOCC3)N[C@@H](c3nc(-c4ccc(F)cc4)n[nH]3)Cc3c2[nH]c2cc(F)ccc32)cn1. The van der Waals surface area contributed by atoms with Gasteiger partial charge in [0.1, 0.15) is 17.5 Å². The van der Waals surface area contributed by atoms with Crippen molar-refractivity contribution >= 4 is 10.9 Å². The lowest BCUT2D eigenvalue weighted by atomic mass is 9.69. The van der Waals surface area contributed by atoms with Gasteiger partial charge in [0, 0.05) is 53.7 Å². The number of hydrogen-bond donors (Lipinski definition) is 3. The molecule has 0 spiro atoms. The first-order chi connectivity index (χ1) is 19.0. The van der Waals surface area contributed by atoms with Crippen LogP contribution in [0.25, 0.3) is 22.3 Å². The van der Waals surface area contributed by atoms with E-state index in [0.717, 1.165) is 52.7 Å². The molecule has 0 saturated carbocycles. The molecule has 0 aliphatic carbocycles. The zero-order valence-electron chi connectivity index (χ0n) is 21.5. The summed E-state index contributed by atoms with van der Waals surface area (Å²) in [5.74, 6) is 0.811. The summed E-state index contributed by atoms with van der Waals surface area (Å²) < 4.78 is 35.6. The largest absolute Gasteiger partial charge is 0.381 e. The third-order valence-electron chi connectivity index (χ3n) is 8.25. The zero-order valence-corrected chi connectivity index (χ0v) is 21.5. The summed E-state index contributed by atoms with van der Waals surface area (Å²) in [7, 11) is 0. The summed E-state index contributed by atoms with van der Waals surface area (Å²) in [5.41, 5.74) is 4.09. The van der Waals surface area contributed by atoms with E-state index in [9.17, 15) is 8.78 Å². The van der Waals surface area contributed by atoms with Crippen molar-refractivity contribution in [2.45, 2.75) is 44.3 Å². The molecule has 0 unspecified atom stereocenters. The predicted molar refractivity (Wildman–Crippen MR) is 142 cm³/mol. The van der Waals surface area contributed by atoms with Crippen LogP contribution in [0.2, 0.25) is 0 Å². The van der Waals surface area contributed by atoms with Gasteiger partial charge in [0.05, 0.1) is 17.8 Å². The van der Waals surface area contributed by atoms with Gasteiger partial charge < -0.3 is 9.72 Å². The topological polar surface area (TPSA) is 96.4 Å². The minimum absolute atomic E-state index is 0.194. The van der Waals surface area contributed by atoms with E-state index < -0.39 is 5.54 Å². The Morgan fingerprint density at radius 2 is 1.87 bits per heavy atom. The van der Waals surface area contributed by atoms with Crippen molar-refractivity contribution in [3.63, 3.8) is 0 Å². The van der Waals surface area contributed by atoms with Crippen LogP contribution in [0.4, 0.5) is 8.78 Å². The Hall–Kier alpha value is -3.89. The summed E-state index contributed by atoms with van der Waals surface area (Å²) >= 11 is 0. The number of aromatic nitrogens is 6. The van der Waals surface area contributed by atoms with Gasteiger partial charge in [-0.15, -0.1) is 0 Å². The summed E-state index contributed by atoms with van der Waals surface area (Å²) in [6, 6.07) is 10.9. The fourth-order valence-corrected chi connectivity index (χ4v) is 6.36. The van der Waals surface area contributed by atoms with E-state index in [4.69, 9.17) is 9.72 Å². The fraction of sp³-hybridized carbons (Fsp3) is 0.345. The Bertz CT molecular complexity index is 1630. The highest BCUT2D eigenvalue weighted by Gasteiger charge is 2.50. The van der Waals surface area contributed by atoms with Gasteiger partial charge in [-0.2, -0.15) is 10.2 Å². The number of nitrogens with one attached hydrogen (secondary N) is 3. The third kappa shape index (κ3) is 3.97. The maximum Gasteiger partial charge on any atom is 0.181 e. The lowest BCUT2D eigenvalue weighted by molar-refractivity contribution is 0.0302. The first-order valence-electron chi connectivity index (χ1n) is 13.4. The van der Waals surface area contributed by atoms with Crippen molar-refractivity contribution < 1.29 is 13.5 Å². The van der Waals surface area contributed by atoms with Crippen LogP contribution >= 0.6 is 0 Å². The van der Waals surface area contributed by atoms with Crippen molar-refractivity contribution in [3.8, 4) is 11.4 Å². The Balaban J connectivity index is 1.41. The van der Waals surface area contributed by atoms with E-state index in [2.05, 4.69) is 38.7 Å². The first kappa shape index (κ1) is 24.2. The molecule has 200 valence electrons. The zero-order chi connectivity index (χ0) is 26.6. The second-order valence-corrected chi connectivity index (χ2v) is 10.4. The van der Waals surface area contributed by atoms with E-state index in [-0.39, 0.29) is 23.6 Å². The van der Waals surface area contributed by atoms with Crippen LogP contribution in [0.15, 0.2) is 54.9 Å². The molecule has 7 rings (SSSR count). The molecule has 1 saturated heterocycles. The van der Waals surface area contributed by atoms with E-state index in [1.54, 1.807) is 18.2 Å². The molecule has 2 atom stereocenters. The van der Waals surface area contributed by atoms with Crippen molar-refractivity contribution in [2.75, 3.05) is 13.2 Å². The van der Waals surface area contributed by atoms with Gasteiger partial charge in [-0.05, 0) is 80.1 Å². The van der Waals surface area contributed by atoms with E-state index >= 15 is 0 Å². The van der Waals surface area contributed by atoms with Crippen LogP contribution < -0.4 is 5.32 Å². The number of nitrogens with zero attached hydrogens (tertiary/aromatic N) is 4. The van der Waals surface area contributed by atoms with Crippen LogP contribution in [0.5, 0.6) is 0 Å². The Morgan fingerprint density at radius 3 is 2.64 bits per heavy atom. The summed E-state index contributed by atoms with van der Waals surface area (Å²) in [5, 5.41) is 17.2. The Kier molecular flexibility index (Phi) is 5.82. The van der Waals surface area contributed by atoms with Crippen LogP contribution in [0.3, 0.4) is 0 Å². The summed E-state index contributed by atoms with van der Waals surface area (Å²) in [6.45, 7) is 4.16. The fourth-order valence-electron chi connectivity index (χ4n) is 6.36. The quantitative estimate of drug-likeness (QED) is 0.298. The Labute approximate surface area is 223 Å². The van der Waals surface area contributed by atoms with Gasteiger partial charge in [0.25, 0.3) is 0 Å². The summed E-state index contributed by atoms with van der Waals surface area (Å²) in [4.78, 5) is 8.46. The number of benzene rings is 2. The van der Waals surface area contributed by atoms with Crippen LogP contribution in [-0.2, 0) is 23.2 Å². The molecular formula is C29H29F2N7O. The van der Waals surface area contributed by atoms with Gasteiger partial charge in [0.2, 0.25) is 0 Å². The molecule has 3 aromatic heterocycles. The maximum atomic E-state index is 14.3. The minimum Gasteiger partial charge on any atom is -0.381 e. The standard InChI is InChI=1S/C29H29F2N7O/c1-2-38-16-19(15-32-38)29(18-9-11-39-12-10-18)26-23(22-8-7-21(31)13-24(22)33-26)14-25(35-29)28-34-27(36-37-28)17-3-5-20(30)6-4-17/h3-8,13,15-16,18,25,33,35H,2,9-12,14H2,1H3,(H,34,36,37)/t25-,29-/m1/s1. The van der Waals surface area contributed by atoms with E-state index in [1.807, 2.05) is 16.9 Å². The molecule has 10 heteroatoms. The highest BCUT2D eigenvalue weighted by atomic mass is 19.1. The average molecular weight is 530 g/mol. The normalized spacial score (nSPS) is 21.9. The minimum atomic E-state index is -0.631. The predicted octanol–water partition coefficient (Wildman–Crippen LogP) is 5.00. The molecule has 0 bridgehead atoms. The van der Waals surface area contributed by atoms with Crippen LogP contribution in [0.1, 0.15) is 48.5 Å². The molecule has 2 aliphatic heterocycles. The van der Waals surface area contributed by atoms with Gasteiger partial charge in [-0.3, -0.25) is 15.1 Å². The van der Waals surface area contributed by atoms with Crippen molar-refractivity contribution in [3.05, 3.63) is 89.1 Å². The molecule has 0 amide bonds. The molecule has 5 heterocycles. The molecule has 3 N–H and O–H groups in total. The van der Waals surface area contributed by atoms with Gasteiger partial charge in [-0.25, -0.2) is 13.8 Å². The van der Waals surface area contributed by atoms with Gasteiger partial charge >= 0.3 is 0 Å². The number of hydrogen-bond acceptors (Lipinski definition) is 5. The monoisotopic (exact) mass is 529 g/mol. The highest BCUT2D eigenvalue weighted by Crippen LogP contribution is 2.49. The van der Waals surface area contributed by atoms with Crippen LogP contribution in [0, 0.1) is 17.6 Å². The number of aromatic amines is 2. The maximum absolute atomic E-state index is 14.3. The number of ether oxygens (including phenoxy) is 1. The molecule has 2 aliphatic rings. The summed E-state index contributed by atoms with van der Waals surface area (Å²) in [6.07, 6.45) is 6.39. The molecule has 2 aromatic carbocycles. The van der Waals surface area contributed by atoms with Gasteiger partial charge in [-0.1, -0.05) is 0 Å². The molecule has 5 aromatic rings. The number of H-pyrrole nitrogens is 2. The first-order valence-corrected chi connectivity index (χ1v) is 13.4. The van der Waals surface area contributed by atoms with Crippen molar-refractivity contribution in [1.29, 1.82) is 0 Å². The molecule has 0 radical (unpaired) electrons. The second kappa shape index (κ2) is 9.39.